The smallest absolute Gasteiger partial charge is 0.192 e. The molecule has 0 saturated heterocycles. The molecule has 0 spiro atoms. The van der Waals surface area contributed by atoms with Crippen LogP contribution in [0.5, 0.6) is 0 Å². The molecular formula is C27H44BrN5O3Si2. The Labute approximate surface area is 238 Å². The summed E-state index contributed by atoms with van der Waals surface area (Å²) in [4.78, 5) is 8.63. The minimum Gasteiger partial charge on any atom is -0.411 e. The van der Waals surface area contributed by atoms with Gasteiger partial charge in [-0.1, -0.05) is 52.5 Å². The predicted molar refractivity (Wildman–Crippen MR) is 164 cm³/mol. The first kappa shape index (κ1) is 32.3. The average Bonchev–Trinajstić information content (AvgIpc) is 3.27. The fourth-order valence-corrected chi connectivity index (χ4v) is 4.89. The van der Waals surface area contributed by atoms with Gasteiger partial charge in [-0.25, -0.2) is 14.6 Å². The second-order valence-corrected chi connectivity index (χ2v) is 23.1. The summed E-state index contributed by atoms with van der Waals surface area (Å²) in [5.74, 6) is 1.37. The number of nitrogens with one attached hydrogen (secondary N) is 1. The molecule has 0 aliphatic heterocycles. The van der Waals surface area contributed by atoms with E-state index >= 15 is 0 Å². The van der Waals surface area contributed by atoms with E-state index in [4.69, 9.17) is 14.3 Å². The van der Waals surface area contributed by atoms with Gasteiger partial charge in [-0.3, -0.25) is 0 Å². The van der Waals surface area contributed by atoms with Gasteiger partial charge < -0.3 is 19.6 Å². The van der Waals surface area contributed by atoms with Crippen molar-refractivity contribution in [3.63, 3.8) is 0 Å². The maximum Gasteiger partial charge on any atom is 0.192 e. The van der Waals surface area contributed by atoms with Crippen molar-refractivity contribution >= 4 is 44.0 Å². The third kappa shape index (κ3) is 11.9. The molecule has 3 rings (SSSR count). The zero-order valence-corrected chi connectivity index (χ0v) is 27.7. The number of hydrogen-bond acceptors (Lipinski definition) is 7. The fourth-order valence-electron chi connectivity index (χ4n) is 2.81. The second kappa shape index (κ2) is 14.5. The lowest BCUT2D eigenvalue weighted by Gasteiger charge is -2.36. The molecule has 210 valence electrons. The highest BCUT2D eigenvalue weighted by Crippen LogP contribution is 2.37. The number of ether oxygens (including phenoxy) is 1. The van der Waals surface area contributed by atoms with E-state index in [0.29, 0.717) is 30.7 Å². The van der Waals surface area contributed by atoms with Crippen molar-refractivity contribution in [2.75, 3.05) is 11.9 Å². The summed E-state index contributed by atoms with van der Waals surface area (Å²) in [6.45, 7) is 20.0. The maximum atomic E-state index is 9.09. The maximum absolute atomic E-state index is 9.09. The lowest BCUT2D eigenvalue weighted by Crippen LogP contribution is -2.40. The molecule has 2 N–H and O–H groups in total. The van der Waals surface area contributed by atoms with E-state index in [1.54, 1.807) is 10.7 Å². The number of halogens is 1. The van der Waals surface area contributed by atoms with Crippen LogP contribution < -0.4 is 5.32 Å². The van der Waals surface area contributed by atoms with Crippen molar-refractivity contribution in [2.45, 2.75) is 84.5 Å². The second-order valence-electron chi connectivity index (χ2n) is 11.9. The van der Waals surface area contributed by atoms with Crippen molar-refractivity contribution in [1.82, 2.24) is 19.7 Å². The molecule has 0 radical (unpaired) electrons. The summed E-state index contributed by atoms with van der Waals surface area (Å²) in [5.41, 5.74) is 1.61. The molecule has 3 aromatic rings. The Morgan fingerprint density at radius 3 is 2.26 bits per heavy atom. The van der Waals surface area contributed by atoms with E-state index in [1.807, 2.05) is 42.6 Å². The van der Waals surface area contributed by atoms with Crippen LogP contribution in [0.4, 0.5) is 11.6 Å². The highest BCUT2D eigenvalue weighted by Gasteiger charge is 2.37. The molecule has 3 heterocycles. The van der Waals surface area contributed by atoms with Crippen LogP contribution in [0.1, 0.15) is 32.2 Å². The lowest BCUT2D eigenvalue weighted by atomic mass is 10.2. The summed E-state index contributed by atoms with van der Waals surface area (Å²) in [6, 6.07) is 14.4. The molecule has 0 aliphatic carbocycles. The summed E-state index contributed by atoms with van der Waals surface area (Å²) >= 11 is 3.37. The van der Waals surface area contributed by atoms with E-state index in [0.717, 1.165) is 22.9 Å². The molecule has 0 amide bonds. The van der Waals surface area contributed by atoms with Crippen LogP contribution in [-0.2, 0) is 29.1 Å². The zero-order chi connectivity index (χ0) is 28.4. The molecule has 8 nitrogen and oxygen atoms in total. The van der Waals surface area contributed by atoms with Crippen LogP contribution in [0.25, 0.3) is 0 Å². The van der Waals surface area contributed by atoms with Gasteiger partial charge in [0.25, 0.3) is 0 Å². The minimum absolute atomic E-state index is 0.0745. The molecule has 0 fully saturated rings. The van der Waals surface area contributed by atoms with Gasteiger partial charge in [0.1, 0.15) is 17.2 Å². The van der Waals surface area contributed by atoms with Crippen molar-refractivity contribution < 1.29 is 14.3 Å². The van der Waals surface area contributed by atoms with Crippen molar-refractivity contribution in [3.05, 3.63) is 64.7 Å². The number of hydrogen-bond donors (Lipinski definition) is 2. The highest BCUT2D eigenvalue weighted by molar-refractivity contribution is 9.10. The number of aliphatic hydroxyl groups is 1. The van der Waals surface area contributed by atoms with E-state index < -0.39 is 16.4 Å². The first-order chi connectivity index (χ1) is 17.7. The Balaban J connectivity index is 0.000000281. The van der Waals surface area contributed by atoms with Gasteiger partial charge in [0.2, 0.25) is 0 Å². The first-order valence-electron chi connectivity index (χ1n) is 12.9. The van der Waals surface area contributed by atoms with E-state index in [-0.39, 0.29) is 11.6 Å². The molecule has 0 bridgehead atoms. The third-order valence-corrected chi connectivity index (χ3v) is 12.9. The predicted octanol–water partition coefficient (Wildman–Crippen LogP) is 7.19. The Hall–Kier alpha value is -1.90. The molecule has 0 aliphatic rings. The Bertz CT molecular complexity index is 1130. The van der Waals surface area contributed by atoms with Gasteiger partial charge in [0.05, 0.1) is 24.6 Å². The van der Waals surface area contributed by atoms with E-state index in [1.165, 1.54) is 0 Å². The van der Waals surface area contributed by atoms with Crippen LogP contribution in [0.15, 0.2) is 53.3 Å². The molecule has 0 atom stereocenters. The Kier molecular flexibility index (Phi) is 12.3. The molecule has 38 heavy (non-hydrogen) atoms. The molecular weight excluding hydrogens is 578 g/mol. The van der Waals surface area contributed by atoms with Crippen molar-refractivity contribution in [3.8, 4) is 0 Å². The fraction of sp³-hybridized carbons (Fsp3) is 0.519. The molecule has 0 saturated carbocycles. The molecule has 3 aromatic heterocycles. The van der Waals surface area contributed by atoms with Crippen LogP contribution in [0.2, 0.25) is 43.8 Å². The standard InChI is InChI=1S/C15H24N4O2Si.C12H20BrNOSi/c1-22(2,3)10-9-21-12-19-8-7-15(18-19)17-14-6-4-5-13(11-20)16-14;1-12(2,3)16(4,5)15-9-10-7-6-8-11(13)14-10/h4-8,20H,9-12H2,1-3H3,(H,16,17,18);6-8H,9H2,1-5H3. The molecule has 0 aromatic carbocycles. The van der Waals surface area contributed by atoms with E-state index in [2.05, 4.69) is 89.8 Å². The van der Waals surface area contributed by atoms with Crippen molar-refractivity contribution in [1.29, 1.82) is 0 Å². The van der Waals surface area contributed by atoms with Gasteiger partial charge in [-0.15, -0.1) is 0 Å². The Morgan fingerprint density at radius 2 is 1.63 bits per heavy atom. The van der Waals surface area contributed by atoms with Gasteiger partial charge in [-0.2, -0.15) is 5.10 Å². The van der Waals surface area contributed by atoms with Gasteiger partial charge in [-0.05, 0) is 64.4 Å². The average molecular weight is 623 g/mol. The number of aliphatic hydroxyl groups excluding tert-OH is 1. The number of aromatic nitrogens is 4. The third-order valence-electron chi connectivity index (χ3n) is 6.25. The summed E-state index contributed by atoms with van der Waals surface area (Å²) in [7, 11) is -2.71. The molecule has 11 heteroatoms. The highest BCUT2D eigenvalue weighted by atomic mass is 79.9. The quantitative estimate of drug-likeness (QED) is 0.133. The SMILES string of the molecule is CC(C)(C)[Si](C)(C)OCc1cccc(Br)n1.C[Si](C)(C)CCOCn1ccc(Nc2cccc(CO)n2)n1. The lowest BCUT2D eigenvalue weighted by molar-refractivity contribution is 0.0788. The normalized spacial score (nSPS) is 12.2. The number of pyridine rings is 2. The van der Waals surface area contributed by atoms with Crippen LogP contribution in [0, 0.1) is 0 Å². The van der Waals surface area contributed by atoms with Crippen LogP contribution >= 0.6 is 15.9 Å². The summed E-state index contributed by atoms with van der Waals surface area (Å²) < 4.78 is 14.4. The number of anilines is 2. The van der Waals surface area contributed by atoms with E-state index in [9.17, 15) is 0 Å². The monoisotopic (exact) mass is 621 g/mol. The minimum atomic E-state index is -1.66. The molecule has 0 unspecified atom stereocenters. The topological polar surface area (TPSA) is 94.3 Å². The van der Waals surface area contributed by atoms with Crippen LogP contribution in [-0.4, -0.2) is 47.9 Å². The Morgan fingerprint density at radius 1 is 0.947 bits per heavy atom. The first-order valence-corrected chi connectivity index (χ1v) is 20.3. The largest absolute Gasteiger partial charge is 0.411 e. The zero-order valence-electron chi connectivity index (χ0n) is 24.1. The van der Waals surface area contributed by atoms with Crippen molar-refractivity contribution in [2.24, 2.45) is 0 Å². The van der Waals surface area contributed by atoms with Gasteiger partial charge >= 0.3 is 0 Å². The number of rotatable bonds is 11. The summed E-state index contributed by atoms with van der Waals surface area (Å²) in [6.07, 6.45) is 1.87. The van der Waals surface area contributed by atoms with Crippen LogP contribution in [0.3, 0.4) is 0 Å². The number of nitrogens with zero attached hydrogens (tertiary/aromatic N) is 4. The summed E-state index contributed by atoms with van der Waals surface area (Å²) in [5, 5.41) is 16.8. The van der Waals surface area contributed by atoms with Gasteiger partial charge in [0, 0.05) is 26.9 Å². The van der Waals surface area contributed by atoms with Gasteiger partial charge in [0.15, 0.2) is 14.1 Å².